The summed E-state index contributed by atoms with van der Waals surface area (Å²) in [7, 11) is 0. The summed E-state index contributed by atoms with van der Waals surface area (Å²) in [5, 5.41) is 9.56. The molecule has 2 heterocycles. The van der Waals surface area contributed by atoms with E-state index in [-0.39, 0.29) is 5.76 Å². The van der Waals surface area contributed by atoms with Crippen LogP contribution in [0, 0.1) is 0 Å². The van der Waals surface area contributed by atoms with Gasteiger partial charge in [-0.05, 0) is 40.2 Å². The fraction of sp³-hybridized carbons (Fsp3) is 0.0909. The van der Waals surface area contributed by atoms with Gasteiger partial charge in [0.2, 0.25) is 5.76 Å². The third kappa shape index (κ3) is 3.10. The van der Waals surface area contributed by atoms with Crippen molar-refractivity contribution < 1.29 is 14.3 Å². The number of hydrogen-bond acceptors (Lipinski definition) is 4. The van der Waals surface area contributed by atoms with Gasteiger partial charge >= 0.3 is 5.97 Å². The van der Waals surface area contributed by atoms with Gasteiger partial charge in [-0.2, -0.15) is 0 Å². The van der Waals surface area contributed by atoms with Crippen LogP contribution in [0.2, 0.25) is 0 Å². The maximum Gasteiger partial charge on any atom is 0.371 e. The maximum absolute atomic E-state index is 10.6. The fourth-order valence-corrected chi connectivity index (χ4v) is 2.56. The first kappa shape index (κ1) is 12.2. The van der Waals surface area contributed by atoms with E-state index in [1.54, 1.807) is 12.3 Å². The molecule has 2 aromatic rings. The summed E-state index contributed by atoms with van der Waals surface area (Å²) < 4.78 is 6.06. The van der Waals surface area contributed by atoms with E-state index in [9.17, 15) is 4.79 Å². The minimum absolute atomic E-state index is 0.0410. The molecule has 4 nitrogen and oxygen atoms in total. The van der Waals surface area contributed by atoms with E-state index in [2.05, 4.69) is 20.9 Å². The second-order valence-electron chi connectivity index (χ2n) is 3.15. The largest absolute Gasteiger partial charge is 0.475 e. The van der Waals surface area contributed by atoms with Crippen LogP contribution in [-0.4, -0.2) is 16.1 Å². The molecule has 0 fully saturated rings. The van der Waals surface area contributed by atoms with Gasteiger partial charge in [0.1, 0.15) is 10.8 Å². The van der Waals surface area contributed by atoms with Crippen molar-refractivity contribution in [3.8, 4) is 0 Å². The normalized spacial score (nSPS) is 10.4. The van der Waals surface area contributed by atoms with Crippen molar-refractivity contribution in [3.05, 3.63) is 46.5 Å². The quantitative estimate of drug-likeness (QED) is 0.876. The van der Waals surface area contributed by atoms with Crippen LogP contribution >= 0.6 is 27.7 Å². The predicted octanol–water partition coefficient (Wildman–Crippen LogP) is 3.43. The van der Waals surface area contributed by atoms with Crippen LogP contribution in [0.3, 0.4) is 0 Å². The number of aromatic carboxylic acids is 1. The summed E-state index contributed by atoms with van der Waals surface area (Å²) >= 11 is 4.87. The van der Waals surface area contributed by atoms with Crippen molar-refractivity contribution in [3.63, 3.8) is 0 Å². The van der Waals surface area contributed by atoms with Crippen molar-refractivity contribution >= 4 is 33.7 Å². The molecule has 0 radical (unpaired) electrons. The predicted molar refractivity (Wildman–Crippen MR) is 67.2 cm³/mol. The molecule has 0 spiro atoms. The molecule has 2 aromatic heterocycles. The van der Waals surface area contributed by atoms with Crippen LogP contribution in [-0.2, 0) is 5.75 Å². The standard InChI is InChI=1S/C11H8BrNO3S/c12-8-2-1-5-13-10(8)17-6-7-3-4-9(16-7)11(14)15/h1-5H,6H2,(H,14,15). The second-order valence-corrected chi connectivity index (χ2v) is 4.97. The molecule has 0 saturated carbocycles. The van der Waals surface area contributed by atoms with Crippen molar-refractivity contribution in [1.82, 2.24) is 4.98 Å². The second kappa shape index (κ2) is 5.37. The Bertz CT molecular complexity index is 541. The van der Waals surface area contributed by atoms with Gasteiger partial charge in [0, 0.05) is 10.7 Å². The van der Waals surface area contributed by atoms with E-state index < -0.39 is 5.97 Å². The van der Waals surface area contributed by atoms with Gasteiger partial charge in [-0.3, -0.25) is 0 Å². The number of hydrogen-bond donors (Lipinski definition) is 1. The van der Waals surface area contributed by atoms with Crippen molar-refractivity contribution in [2.24, 2.45) is 0 Å². The third-order valence-electron chi connectivity index (χ3n) is 1.95. The highest BCUT2D eigenvalue weighted by Gasteiger charge is 2.09. The first-order valence-electron chi connectivity index (χ1n) is 4.72. The Morgan fingerprint density at radius 3 is 2.94 bits per heavy atom. The topological polar surface area (TPSA) is 63.3 Å². The molecule has 0 bridgehead atoms. The van der Waals surface area contributed by atoms with Gasteiger partial charge in [0.25, 0.3) is 0 Å². The van der Waals surface area contributed by atoms with Gasteiger partial charge in [-0.1, -0.05) is 11.8 Å². The average Bonchev–Trinajstić information content (AvgIpc) is 2.77. The zero-order valence-corrected chi connectivity index (χ0v) is 11.0. The van der Waals surface area contributed by atoms with Crippen molar-refractivity contribution in [1.29, 1.82) is 0 Å². The molecule has 0 aliphatic carbocycles. The summed E-state index contributed by atoms with van der Waals surface area (Å²) in [5.41, 5.74) is 0. The number of nitrogens with zero attached hydrogens (tertiary/aromatic N) is 1. The van der Waals surface area contributed by atoms with Gasteiger partial charge in [-0.25, -0.2) is 9.78 Å². The Morgan fingerprint density at radius 1 is 1.47 bits per heavy atom. The third-order valence-corrected chi connectivity index (χ3v) is 3.88. The van der Waals surface area contributed by atoms with Gasteiger partial charge in [0.05, 0.1) is 5.75 Å². The lowest BCUT2D eigenvalue weighted by molar-refractivity contribution is 0.0661. The Kier molecular flexibility index (Phi) is 3.86. The maximum atomic E-state index is 10.6. The number of pyridine rings is 1. The number of carboxylic acids is 1. The SMILES string of the molecule is O=C(O)c1ccc(CSc2ncccc2Br)o1. The number of rotatable bonds is 4. The van der Waals surface area contributed by atoms with Gasteiger partial charge < -0.3 is 9.52 Å². The first-order chi connectivity index (χ1) is 8.16. The monoisotopic (exact) mass is 313 g/mol. The number of furan rings is 1. The highest BCUT2D eigenvalue weighted by atomic mass is 79.9. The lowest BCUT2D eigenvalue weighted by Crippen LogP contribution is -1.91. The molecule has 0 aromatic carbocycles. The van der Waals surface area contributed by atoms with E-state index in [0.717, 1.165) is 9.50 Å². The van der Waals surface area contributed by atoms with Crippen LogP contribution < -0.4 is 0 Å². The van der Waals surface area contributed by atoms with E-state index in [1.165, 1.54) is 17.8 Å². The molecule has 17 heavy (non-hydrogen) atoms. The molecule has 0 aliphatic heterocycles. The van der Waals surface area contributed by atoms with Crippen LogP contribution in [0.15, 0.2) is 44.4 Å². The number of thioether (sulfide) groups is 1. The minimum Gasteiger partial charge on any atom is -0.475 e. The molecule has 0 aliphatic rings. The van der Waals surface area contributed by atoms with E-state index in [0.29, 0.717) is 11.5 Å². The van der Waals surface area contributed by atoms with Crippen molar-refractivity contribution in [2.75, 3.05) is 0 Å². The fourth-order valence-electron chi connectivity index (χ4n) is 1.19. The highest BCUT2D eigenvalue weighted by Crippen LogP contribution is 2.28. The van der Waals surface area contributed by atoms with Crippen LogP contribution in [0.5, 0.6) is 0 Å². The summed E-state index contributed by atoms with van der Waals surface area (Å²) in [4.78, 5) is 14.8. The first-order valence-corrected chi connectivity index (χ1v) is 6.50. The van der Waals surface area contributed by atoms with E-state index in [1.807, 2.05) is 12.1 Å². The Balaban J connectivity index is 2.02. The number of carboxylic acid groups (broad SMARTS) is 1. The lowest BCUT2D eigenvalue weighted by Gasteiger charge is -2.00. The summed E-state index contributed by atoms with van der Waals surface area (Å²) in [6.45, 7) is 0. The molecule has 0 saturated heterocycles. The molecule has 88 valence electrons. The lowest BCUT2D eigenvalue weighted by atomic mass is 10.4. The van der Waals surface area contributed by atoms with Gasteiger partial charge in [0.15, 0.2) is 0 Å². The van der Waals surface area contributed by atoms with Crippen LogP contribution in [0.1, 0.15) is 16.3 Å². The molecule has 0 unspecified atom stereocenters. The zero-order valence-electron chi connectivity index (χ0n) is 8.59. The molecular formula is C11H8BrNO3S. The number of halogens is 1. The Morgan fingerprint density at radius 2 is 2.29 bits per heavy atom. The number of aromatic nitrogens is 1. The smallest absolute Gasteiger partial charge is 0.371 e. The Labute approximate surface area is 110 Å². The Hall–Kier alpha value is -1.27. The summed E-state index contributed by atoms with van der Waals surface area (Å²) in [6.07, 6.45) is 1.71. The van der Waals surface area contributed by atoms with Crippen LogP contribution in [0.4, 0.5) is 0 Å². The molecular weight excluding hydrogens is 306 g/mol. The summed E-state index contributed by atoms with van der Waals surface area (Å²) in [6, 6.07) is 6.85. The highest BCUT2D eigenvalue weighted by molar-refractivity contribution is 9.10. The molecule has 2 rings (SSSR count). The zero-order chi connectivity index (χ0) is 12.3. The minimum atomic E-state index is -1.06. The molecule has 6 heteroatoms. The summed E-state index contributed by atoms with van der Waals surface area (Å²) in [5.74, 6) is 0.0639. The average molecular weight is 314 g/mol. The van der Waals surface area contributed by atoms with E-state index >= 15 is 0 Å². The van der Waals surface area contributed by atoms with Crippen LogP contribution in [0.25, 0.3) is 0 Å². The molecule has 1 N–H and O–H groups in total. The number of carbonyl (C=O) groups is 1. The molecule has 0 atom stereocenters. The molecule has 0 amide bonds. The van der Waals surface area contributed by atoms with Gasteiger partial charge in [-0.15, -0.1) is 0 Å². The van der Waals surface area contributed by atoms with E-state index in [4.69, 9.17) is 9.52 Å². The van der Waals surface area contributed by atoms with Crippen molar-refractivity contribution in [2.45, 2.75) is 10.8 Å².